The number of carboxylic acids is 1. The minimum absolute atomic E-state index is 0.137. The molecule has 0 fully saturated rings. The van der Waals surface area contributed by atoms with Crippen LogP contribution in [0.15, 0.2) is 28.7 Å². The van der Waals surface area contributed by atoms with Crippen molar-refractivity contribution in [2.24, 2.45) is 0 Å². The van der Waals surface area contributed by atoms with Crippen LogP contribution in [0.2, 0.25) is 0 Å². The summed E-state index contributed by atoms with van der Waals surface area (Å²) in [7, 11) is 0. The summed E-state index contributed by atoms with van der Waals surface area (Å²) in [6.07, 6.45) is 0.137. The lowest BCUT2D eigenvalue weighted by Crippen LogP contribution is -2.01. The minimum Gasteiger partial charge on any atom is -0.478 e. The number of ether oxygens (including phenoxy) is 1. The van der Waals surface area contributed by atoms with Gasteiger partial charge in [0, 0.05) is 5.39 Å². The molecule has 0 amide bonds. The largest absolute Gasteiger partial charge is 0.478 e. The van der Waals surface area contributed by atoms with E-state index in [4.69, 9.17) is 14.3 Å². The van der Waals surface area contributed by atoms with E-state index in [1.54, 1.807) is 12.1 Å². The van der Waals surface area contributed by atoms with Crippen LogP contribution in [0.4, 0.5) is 0 Å². The lowest BCUT2D eigenvalue weighted by atomic mass is 10.2. The van der Waals surface area contributed by atoms with Crippen LogP contribution in [0.5, 0.6) is 0 Å². The van der Waals surface area contributed by atoms with Gasteiger partial charge in [0.05, 0.1) is 11.7 Å². The number of benzene rings is 1. The molecule has 0 saturated heterocycles. The standard InChI is InChI=1S/C13H14O4/c1-8(2)16-7-11-5-9-3-4-10(13(14)15)6-12(9)17-11/h3-6,8H,7H2,1-2H3,(H,14,15). The Morgan fingerprint density at radius 2 is 2.18 bits per heavy atom. The summed E-state index contributed by atoms with van der Waals surface area (Å²) < 4.78 is 10.9. The van der Waals surface area contributed by atoms with E-state index >= 15 is 0 Å². The number of aromatic carboxylic acids is 1. The molecule has 1 aromatic heterocycles. The van der Waals surface area contributed by atoms with Gasteiger partial charge in [-0.1, -0.05) is 6.07 Å². The average molecular weight is 234 g/mol. The Balaban J connectivity index is 2.27. The second-order valence-corrected chi connectivity index (χ2v) is 4.13. The van der Waals surface area contributed by atoms with Crippen molar-refractivity contribution < 1.29 is 19.1 Å². The van der Waals surface area contributed by atoms with Crippen molar-refractivity contribution in [2.75, 3.05) is 0 Å². The second kappa shape index (κ2) is 4.59. The van der Waals surface area contributed by atoms with Gasteiger partial charge in [-0.25, -0.2) is 4.79 Å². The van der Waals surface area contributed by atoms with Crippen LogP contribution < -0.4 is 0 Å². The maximum Gasteiger partial charge on any atom is 0.335 e. The van der Waals surface area contributed by atoms with Crippen molar-refractivity contribution in [2.45, 2.75) is 26.6 Å². The van der Waals surface area contributed by atoms with Crippen LogP contribution >= 0.6 is 0 Å². The topological polar surface area (TPSA) is 59.7 Å². The lowest BCUT2D eigenvalue weighted by Gasteiger charge is -2.03. The molecule has 0 aliphatic rings. The summed E-state index contributed by atoms with van der Waals surface area (Å²) in [5.74, 6) is -0.250. The van der Waals surface area contributed by atoms with Gasteiger partial charge in [0.2, 0.25) is 0 Å². The maximum absolute atomic E-state index is 10.8. The third kappa shape index (κ3) is 2.65. The molecule has 1 heterocycles. The van der Waals surface area contributed by atoms with E-state index in [0.29, 0.717) is 18.0 Å². The van der Waals surface area contributed by atoms with Crippen molar-refractivity contribution in [3.8, 4) is 0 Å². The number of furan rings is 1. The van der Waals surface area contributed by atoms with Crippen molar-refractivity contribution in [3.63, 3.8) is 0 Å². The van der Waals surface area contributed by atoms with Crippen molar-refractivity contribution >= 4 is 16.9 Å². The Hall–Kier alpha value is -1.81. The molecule has 4 heteroatoms. The van der Waals surface area contributed by atoms with Crippen molar-refractivity contribution in [3.05, 3.63) is 35.6 Å². The molecule has 2 rings (SSSR count). The summed E-state index contributed by atoms with van der Waals surface area (Å²) in [5.41, 5.74) is 0.801. The molecule has 4 nitrogen and oxygen atoms in total. The van der Waals surface area contributed by atoms with Crippen LogP contribution in [0, 0.1) is 0 Å². The quantitative estimate of drug-likeness (QED) is 0.883. The van der Waals surface area contributed by atoms with Gasteiger partial charge in [-0.05, 0) is 32.0 Å². The molecule has 90 valence electrons. The minimum atomic E-state index is -0.955. The first kappa shape index (κ1) is 11.7. The number of hydrogen-bond donors (Lipinski definition) is 1. The van der Waals surface area contributed by atoms with Gasteiger partial charge in [0.15, 0.2) is 0 Å². The molecule has 0 spiro atoms. The molecular formula is C13H14O4. The maximum atomic E-state index is 10.8. The fraction of sp³-hybridized carbons (Fsp3) is 0.308. The van der Waals surface area contributed by atoms with E-state index in [0.717, 1.165) is 5.39 Å². The van der Waals surface area contributed by atoms with Crippen LogP contribution in [0.25, 0.3) is 11.0 Å². The predicted molar refractivity (Wildman–Crippen MR) is 63.1 cm³/mol. The highest BCUT2D eigenvalue weighted by atomic mass is 16.5. The summed E-state index contributed by atoms with van der Waals surface area (Å²) in [4.78, 5) is 10.8. The highest BCUT2D eigenvalue weighted by Crippen LogP contribution is 2.21. The Morgan fingerprint density at radius 3 is 2.82 bits per heavy atom. The zero-order valence-electron chi connectivity index (χ0n) is 9.77. The average Bonchev–Trinajstić information content (AvgIpc) is 2.67. The van der Waals surface area contributed by atoms with Gasteiger partial charge < -0.3 is 14.3 Å². The smallest absolute Gasteiger partial charge is 0.335 e. The Morgan fingerprint density at radius 1 is 1.41 bits per heavy atom. The fourth-order valence-electron chi connectivity index (χ4n) is 1.54. The fourth-order valence-corrected chi connectivity index (χ4v) is 1.54. The summed E-state index contributed by atoms with van der Waals surface area (Å²) >= 11 is 0. The normalized spacial score (nSPS) is 11.2. The van der Waals surface area contributed by atoms with E-state index < -0.39 is 5.97 Å². The Kier molecular flexibility index (Phi) is 3.15. The first-order chi connectivity index (χ1) is 8.06. The number of rotatable bonds is 4. The van der Waals surface area contributed by atoms with Crippen LogP contribution in [-0.2, 0) is 11.3 Å². The number of hydrogen-bond acceptors (Lipinski definition) is 3. The SMILES string of the molecule is CC(C)OCc1cc2ccc(C(=O)O)cc2o1. The summed E-state index contributed by atoms with van der Waals surface area (Å²) in [5, 5.41) is 9.75. The van der Waals surface area contributed by atoms with Crippen molar-refractivity contribution in [1.29, 1.82) is 0 Å². The molecule has 0 radical (unpaired) electrons. The van der Waals surface area contributed by atoms with Gasteiger partial charge >= 0.3 is 5.97 Å². The third-order valence-electron chi connectivity index (χ3n) is 2.38. The number of carbonyl (C=O) groups is 1. The monoisotopic (exact) mass is 234 g/mol. The van der Waals surface area contributed by atoms with Crippen molar-refractivity contribution in [1.82, 2.24) is 0 Å². The molecule has 0 saturated carbocycles. The summed E-state index contributed by atoms with van der Waals surface area (Å²) in [6, 6.07) is 6.69. The Bertz CT molecular complexity index is 539. The van der Waals surface area contributed by atoms with Gasteiger partial charge in [0.1, 0.15) is 18.0 Å². The molecule has 0 bridgehead atoms. The van der Waals surface area contributed by atoms with E-state index in [2.05, 4.69) is 0 Å². The molecular weight excluding hydrogens is 220 g/mol. The highest BCUT2D eigenvalue weighted by molar-refractivity contribution is 5.92. The first-order valence-corrected chi connectivity index (χ1v) is 5.43. The second-order valence-electron chi connectivity index (χ2n) is 4.13. The molecule has 2 aromatic rings. The van der Waals surface area contributed by atoms with Gasteiger partial charge in [0.25, 0.3) is 0 Å². The zero-order valence-corrected chi connectivity index (χ0v) is 9.77. The number of carboxylic acid groups (broad SMARTS) is 1. The van der Waals surface area contributed by atoms with E-state index in [-0.39, 0.29) is 11.7 Å². The van der Waals surface area contributed by atoms with E-state index in [1.807, 2.05) is 19.9 Å². The molecule has 1 aromatic carbocycles. The molecule has 0 atom stereocenters. The van der Waals surface area contributed by atoms with Crippen LogP contribution in [0.1, 0.15) is 30.0 Å². The summed E-state index contributed by atoms with van der Waals surface area (Å²) in [6.45, 7) is 4.30. The third-order valence-corrected chi connectivity index (χ3v) is 2.38. The van der Waals surface area contributed by atoms with Gasteiger partial charge in [-0.15, -0.1) is 0 Å². The highest BCUT2D eigenvalue weighted by Gasteiger charge is 2.08. The zero-order chi connectivity index (χ0) is 12.4. The molecule has 17 heavy (non-hydrogen) atoms. The molecule has 0 aliphatic heterocycles. The molecule has 1 N–H and O–H groups in total. The van der Waals surface area contributed by atoms with E-state index in [9.17, 15) is 4.79 Å². The first-order valence-electron chi connectivity index (χ1n) is 5.43. The van der Waals surface area contributed by atoms with Crippen LogP contribution in [-0.4, -0.2) is 17.2 Å². The van der Waals surface area contributed by atoms with Crippen LogP contribution in [0.3, 0.4) is 0 Å². The molecule has 0 aliphatic carbocycles. The van der Waals surface area contributed by atoms with Gasteiger partial charge in [-0.3, -0.25) is 0 Å². The lowest BCUT2D eigenvalue weighted by molar-refractivity contribution is 0.0553. The Labute approximate surface area is 98.8 Å². The number of fused-ring (bicyclic) bond motifs is 1. The van der Waals surface area contributed by atoms with E-state index in [1.165, 1.54) is 6.07 Å². The molecule has 0 unspecified atom stereocenters. The van der Waals surface area contributed by atoms with Gasteiger partial charge in [-0.2, -0.15) is 0 Å². The predicted octanol–water partition coefficient (Wildman–Crippen LogP) is 3.06.